The third-order valence-corrected chi connectivity index (χ3v) is 7.01. The Kier molecular flexibility index (Phi) is 7.88. The summed E-state index contributed by atoms with van der Waals surface area (Å²) in [6.45, 7) is 4.01. The van der Waals surface area contributed by atoms with Gasteiger partial charge in [-0.2, -0.15) is 13.2 Å². The van der Waals surface area contributed by atoms with Crippen LogP contribution in [0.4, 0.5) is 19.0 Å². The molecule has 2 heterocycles. The molecule has 35 heavy (non-hydrogen) atoms. The molecule has 1 saturated carbocycles. The number of hydrogen-bond acceptors (Lipinski definition) is 7. The van der Waals surface area contributed by atoms with Gasteiger partial charge in [0, 0.05) is 37.4 Å². The van der Waals surface area contributed by atoms with E-state index in [1.165, 1.54) is 12.4 Å². The van der Waals surface area contributed by atoms with Crippen molar-refractivity contribution in [1.82, 2.24) is 14.9 Å². The van der Waals surface area contributed by atoms with Crippen LogP contribution in [0.25, 0.3) is 10.9 Å². The third-order valence-electron chi connectivity index (χ3n) is 7.01. The lowest BCUT2D eigenvalue weighted by Crippen LogP contribution is -2.53. The van der Waals surface area contributed by atoms with Crippen LogP contribution in [0.2, 0.25) is 0 Å². The van der Waals surface area contributed by atoms with Gasteiger partial charge in [-0.1, -0.05) is 0 Å². The zero-order chi connectivity index (χ0) is 25.0. The lowest BCUT2D eigenvalue weighted by molar-refractivity contribution is -0.144. The van der Waals surface area contributed by atoms with Gasteiger partial charge in [-0.05, 0) is 62.6 Å². The van der Waals surface area contributed by atoms with Crippen LogP contribution in [0.3, 0.4) is 0 Å². The average molecular weight is 493 g/mol. The Morgan fingerprint density at radius 1 is 1.09 bits per heavy atom. The molecule has 2 aliphatic rings. The number of esters is 1. The van der Waals surface area contributed by atoms with E-state index in [2.05, 4.69) is 20.2 Å². The molecule has 4 rings (SSSR count). The number of carbonyl (C=O) groups excluding carboxylic acids is 2. The zero-order valence-corrected chi connectivity index (χ0v) is 19.8. The number of aromatic nitrogens is 2. The minimum atomic E-state index is -4.46. The first-order chi connectivity index (χ1) is 16.7. The first-order valence-corrected chi connectivity index (χ1v) is 12.2. The summed E-state index contributed by atoms with van der Waals surface area (Å²) < 4.78 is 44.3. The Hall–Kier alpha value is -2.75. The Morgan fingerprint density at radius 2 is 1.83 bits per heavy atom. The second-order valence-corrected chi connectivity index (χ2v) is 9.55. The number of Topliss-reactive ketones (excluding diaryl/α,β-unsaturated/α-hetero) is 1. The zero-order valence-electron chi connectivity index (χ0n) is 19.8. The minimum Gasteiger partial charge on any atom is -0.466 e. The molecule has 0 bridgehead atoms. The molecule has 190 valence electrons. The summed E-state index contributed by atoms with van der Waals surface area (Å²) in [4.78, 5) is 34.7. The van der Waals surface area contributed by atoms with Crippen LogP contribution in [-0.2, 0) is 20.5 Å². The molecule has 1 saturated heterocycles. The number of halogens is 3. The van der Waals surface area contributed by atoms with E-state index in [1.807, 2.05) is 6.92 Å². The normalized spacial score (nSPS) is 21.5. The molecular weight excluding hydrogens is 461 g/mol. The van der Waals surface area contributed by atoms with Crippen molar-refractivity contribution in [2.45, 2.75) is 57.7 Å². The van der Waals surface area contributed by atoms with Crippen molar-refractivity contribution in [3.05, 3.63) is 30.1 Å². The maximum Gasteiger partial charge on any atom is 0.416 e. The number of fused-ring (bicyclic) bond motifs is 1. The van der Waals surface area contributed by atoms with Gasteiger partial charge in [0.05, 0.1) is 24.2 Å². The number of nitrogens with zero attached hydrogens (tertiary/aromatic N) is 3. The number of anilines is 1. The molecule has 1 aromatic heterocycles. The van der Waals surface area contributed by atoms with Crippen LogP contribution in [0.15, 0.2) is 24.5 Å². The van der Waals surface area contributed by atoms with E-state index in [1.54, 1.807) is 0 Å². The van der Waals surface area contributed by atoms with E-state index in [-0.39, 0.29) is 29.5 Å². The largest absolute Gasteiger partial charge is 0.466 e. The van der Waals surface area contributed by atoms with Crippen molar-refractivity contribution in [3.8, 4) is 0 Å². The summed E-state index contributed by atoms with van der Waals surface area (Å²) in [6, 6.07) is 3.81. The van der Waals surface area contributed by atoms with Crippen LogP contribution in [0.1, 0.15) is 51.0 Å². The first-order valence-electron chi connectivity index (χ1n) is 12.2. The third kappa shape index (κ3) is 6.48. The van der Waals surface area contributed by atoms with E-state index >= 15 is 0 Å². The Morgan fingerprint density at radius 3 is 2.51 bits per heavy atom. The molecule has 10 heteroatoms. The van der Waals surface area contributed by atoms with E-state index < -0.39 is 11.7 Å². The molecule has 2 fully saturated rings. The summed E-state index contributed by atoms with van der Waals surface area (Å²) in [7, 11) is 0. The lowest BCUT2D eigenvalue weighted by Gasteiger charge is -2.46. The molecule has 1 N–H and O–H groups in total. The predicted molar refractivity (Wildman–Crippen MR) is 125 cm³/mol. The fourth-order valence-corrected chi connectivity index (χ4v) is 5.16. The predicted octanol–water partition coefficient (Wildman–Crippen LogP) is 4.46. The SMILES string of the molecule is CCOC(=O)CC1CCC(N2CC(CC(=O)CNc3ncnc4ccc(C(F)(F)F)cc34)C2)CC1. The lowest BCUT2D eigenvalue weighted by atomic mass is 9.81. The maximum atomic E-state index is 13.1. The summed E-state index contributed by atoms with van der Waals surface area (Å²) in [5.74, 6) is 0.819. The van der Waals surface area contributed by atoms with Gasteiger partial charge in [-0.3, -0.25) is 14.5 Å². The first kappa shape index (κ1) is 25.3. The molecule has 0 spiro atoms. The number of likely N-dealkylation sites (tertiary alicyclic amines) is 1. The smallest absolute Gasteiger partial charge is 0.416 e. The van der Waals surface area contributed by atoms with Crippen molar-refractivity contribution in [3.63, 3.8) is 0 Å². The molecular formula is C25H31F3N4O3. The highest BCUT2D eigenvalue weighted by Crippen LogP contribution is 2.34. The molecule has 1 aliphatic heterocycles. The van der Waals surface area contributed by atoms with Crippen molar-refractivity contribution < 1.29 is 27.5 Å². The number of ketones is 1. The summed E-state index contributed by atoms with van der Waals surface area (Å²) in [5, 5.41) is 3.14. The van der Waals surface area contributed by atoms with Crippen LogP contribution < -0.4 is 5.32 Å². The topological polar surface area (TPSA) is 84.4 Å². The molecule has 7 nitrogen and oxygen atoms in total. The van der Waals surface area contributed by atoms with Gasteiger partial charge in [-0.15, -0.1) is 0 Å². The van der Waals surface area contributed by atoms with Gasteiger partial charge in [0.15, 0.2) is 5.78 Å². The summed E-state index contributed by atoms with van der Waals surface area (Å²) >= 11 is 0. The number of nitrogens with one attached hydrogen (secondary N) is 1. The molecule has 0 radical (unpaired) electrons. The highest BCUT2D eigenvalue weighted by Gasteiger charge is 2.36. The van der Waals surface area contributed by atoms with Gasteiger partial charge < -0.3 is 10.1 Å². The molecule has 0 atom stereocenters. The fraction of sp³-hybridized carbons (Fsp3) is 0.600. The van der Waals surface area contributed by atoms with Crippen LogP contribution in [0.5, 0.6) is 0 Å². The Labute approximate surface area is 202 Å². The molecule has 2 aromatic rings. The van der Waals surface area contributed by atoms with Crippen LogP contribution in [0, 0.1) is 11.8 Å². The second-order valence-electron chi connectivity index (χ2n) is 9.55. The van der Waals surface area contributed by atoms with E-state index in [0.29, 0.717) is 42.8 Å². The second kappa shape index (κ2) is 10.9. The average Bonchev–Trinajstić information content (AvgIpc) is 2.79. The van der Waals surface area contributed by atoms with Gasteiger partial charge in [0.2, 0.25) is 0 Å². The molecule has 0 amide bonds. The monoisotopic (exact) mass is 492 g/mol. The molecule has 0 unspecified atom stereocenters. The highest BCUT2D eigenvalue weighted by atomic mass is 19.4. The number of hydrogen-bond donors (Lipinski definition) is 1. The molecule has 1 aliphatic carbocycles. The fourth-order valence-electron chi connectivity index (χ4n) is 5.16. The van der Waals surface area contributed by atoms with Crippen LogP contribution in [-0.4, -0.2) is 58.9 Å². The van der Waals surface area contributed by atoms with Gasteiger partial charge in [0.25, 0.3) is 0 Å². The van der Waals surface area contributed by atoms with Gasteiger partial charge >= 0.3 is 12.1 Å². The van der Waals surface area contributed by atoms with Gasteiger partial charge in [-0.25, -0.2) is 9.97 Å². The number of rotatable bonds is 9. The van der Waals surface area contributed by atoms with E-state index in [0.717, 1.165) is 50.9 Å². The number of benzene rings is 1. The summed E-state index contributed by atoms with van der Waals surface area (Å²) in [6.07, 6.45) is 1.91. The van der Waals surface area contributed by atoms with Crippen molar-refractivity contribution in [2.24, 2.45) is 11.8 Å². The van der Waals surface area contributed by atoms with E-state index in [4.69, 9.17) is 4.74 Å². The van der Waals surface area contributed by atoms with E-state index in [9.17, 15) is 22.8 Å². The van der Waals surface area contributed by atoms with Crippen LogP contribution >= 0.6 is 0 Å². The number of ether oxygens (including phenoxy) is 1. The number of carbonyl (C=O) groups is 2. The maximum absolute atomic E-state index is 13.1. The Balaban J connectivity index is 1.21. The molecule has 1 aromatic carbocycles. The van der Waals surface area contributed by atoms with Crippen molar-refractivity contribution in [1.29, 1.82) is 0 Å². The quantitative estimate of drug-likeness (QED) is 0.517. The highest BCUT2D eigenvalue weighted by molar-refractivity contribution is 5.91. The minimum absolute atomic E-state index is 0.00605. The Bertz CT molecular complexity index is 1050. The summed E-state index contributed by atoms with van der Waals surface area (Å²) in [5.41, 5.74) is -0.395. The number of alkyl halides is 3. The van der Waals surface area contributed by atoms with Gasteiger partial charge in [0.1, 0.15) is 12.1 Å². The standard InChI is InChI=1S/C25H31F3N4O3/c1-2-35-23(34)10-16-3-6-19(7-4-16)32-13-17(14-32)9-20(33)12-29-24-21-11-18(25(26,27)28)5-8-22(21)30-15-31-24/h5,8,11,15-17,19H,2-4,6-7,9-10,12-14H2,1H3,(H,29,30,31). The van der Waals surface area contributed by atoms with Crippen molar-refractivity contribution in [2.75, 3.05) is 31.6 Å². The van der Waals surface area contributed by atoms with Crippen molar-refractivity contribution >= 4 is 28.5 Å².